The number of carbonyl (C=O) groups is 1. The van der Waals surface area contributed by atoms with Gasteiger partial charge < -0.3 is 11.1 Å². The molecule has 0 saturated heterocycles. The molecular formula is C10H10Cl2N6O. The first-order chi connectivity index (χ1) is 8.91. The number of aromatic nitrogens is 4. The van der Waals surface area contributed by atoms with Crippen LogP contribution in [0.1, 0.15) is 16.2 Å². The highest BCUT2D eigenvalue weighted by Gasteiger charge is 2.20. The first-order valence-electron chi connectivity index (χ1n) is 5.18. The van der Waals surface area contributed by atoms with E-state index in [4.69, 9.17) is 28.9 Å². The van der Waals surface area contributed by atoms with Gasteiger partial charge in [0, 0.05) is 7.05 Å². The minimum atomic E-state index is -0.475. The van der Waals surface area contributed by atoms with Gasteiger partial charge in [0.25, 0.3) is 5.91 Å². The van der Waals surface area contributed by atoms with Crippen molar-refractivity contribution in [3.8, 4) is 0 Å². The number of rotatable bonds is 2. The van der Waals surface area contributed by atoms with Crippen molar-refractivity contribution >= 4 is 40.6 Å². The number of nitrogens with two attached hydrogens (primary N) is 1. The second-order valence-corrected chi connectivity index (χ2v) is 4.49. The summed E-state index contributed by atoms with van der Waals surface area (Å²) in [4.78, 5) is 19.6. The van der Waals surface area contributed by atoms with E-state index in [9.17, 15) is 4.79 Å². The van der Waals surface area contributed by atoms with Crippen LogP contribution in [0.5, 0.6) is 0 Å². The van der Waals surface area contributed by atoms with Gasteiger partial charge in [0.15, 0.2) is 11.0 Å². The van der Waals surface area contributed by atoms with E-state index in [-0.39, 0.29) is 21.7 Å². The van der Waals surface area contributed by atoms with Gasteiger partial charge in [-0.15, -0.1) is 0 Å². The summed E-state index contributed by atoms with van der Waals surface area (Å²) in [6.07, 6.45) is 1.20. The third-order valence-corrected chi connectivity index (χ3v) is 3.20. The topological polar surface area (TPSA) is 98.7 Å². The summed E-state index contributed by atoms with van der Waals surface area (Å²) in [5, 5.41) is 6.69. The van der Waals surface area contributed by atoms with E-state index in [2.05, 4.69) is 20.4 Å². The molecule has 0 unspecified atom stereocenters. The molecule has 3 N–H and O–H groups in total. The first-order valence-corrected chi connectivity index (χ1v) is 5.93. The van der Waals surface area contributed by atoms with Crippen LogP contribution in [0.2, 0.25) is 10.2 Å². The molecule has 2 heterocycles. The van der Waals surface area contributed by atoms with Crippen LogP contribution in [0.3, 0.4) is 0 Å². The van der Waals surface area contributed by atoms with E-state index >= 15 is 0 Å². The van der Waals surface area contributed by atoms with Crippen molar-refractivity contribution in [2.75, 3.05) is 11.1 Å². The summed E-state index contributed by atoms with van der Waals surface area (Å²) in [5.74, 6) is -0.359. The van der Waals surface area contributed by atoms with Crippen molar-refractivity contribution in [3.05, 3.63) is 27.9 Å². The Morgan fingerprint density at radius 2 is 2.11 bits per heavy atom. The van der Waals surface area contributed by atoms with Gasteiger partial charge in [-0.2, -0.15) is 5.10 Å². The van der Waals surface area contributed by atoms with Gasteiger partial charge in [-0.25, -0.2) is 9.97 Å². The SMILES string of the molecule is Cc1nn(C)c(C(=O)Nc2ncnc(Cl)c2Cl)c1N. The summed E-state index contributed by atoms with van der Waals surface area (Å²) in [5.41, 5.74) is 6.89. The van der Waals surface area contributed by atoms with Crippen molar-refractivity contribution in [1.82, 2.24) is 19.7 Å². The van der Waals surface area contributed by atoms with Crippen LogP contribution in [0.25, 0.3) is 0 Å². The molecule has 0 saturated carbocycles. The number of aryl methyl sites for hydroxylation is 2. The number of hydrogen-bond acceptors (Lipinski definition) is 5. The molecule has 2 rings (SSSR count). The lowest BCUT2D eigenvalue weighted by molar-refractivity contribution is 0.101. The van der Waals surface area contributed by atoms with E-state index in [0.29, 0.717) is 11.4 Å². The second-order valence-electron chi connectivity index (χ2n) is 3.75. The van der Waals surface area contributed by atoms with Gasteiger partial charge in [0.1, 0.15) is 17.0 Å². The zero-order valence-corrected chi connectivity index (χ0v) is 11.6. The average molecular weight is 301 g/mol. The zero-order chi connectivity index (χ0) is 14.2. The van der Waals surface area contributed by atoms with Crippen LogP contribution in [0.4, 0.5) is 11.5 Å². The quantitative estimate of drug-likeness (QED) is 0.822. The largest absolute Gasteiger partial charge is 0.395 e. The second kappa shape index (κ2) is 5.02. The molecule has 0 atom stereocenters. The molecule has 0 fully saturated rings. The highest BCUT2D eigenvalue weighted by molar-refractivity contribution is 6.43. The predicted octanol–water partition coefficient (Wildman–Crippen LogP) is 1.66. The van der Waals surface area contributed by atoms with Gasteiger partial charge in [0.05, 0.1) is 11.4 Å². The number of nitrogens with one attached hydrogen (secondary N) is 1. The van der Waals surface area contributed by atoms with Gasteiger partial charge >= 0.3 is 0 Å². The van der Waals surface area contributed by atoms with Crippen LogP contribution in [0, 0.1) is 6.92 Å². The van der Waals surface area contributed by atoms with Crippen LogP contribution in [-0.2, 0) is 7.05 Å². The van der Waals surface area contributed by atoms with Crippen molar-refractivity contribution in [3.63, 3.8) is 0 Å². The highest BCUT2D eigenvalue weighted by Crippen LogP contribution is 2.26. The summed E-state index contributed by atoms with van der Waals surface area (Å²) in [6.45, 7) is 1.71. The monoisotopic (exact) mass is 300 g/mol. The number of anilines is 2. The number of nitrogen functional groups attached to an aromatic ring is 1. The minimum Gasteiger partial charge on any atom is -0.395 e. The van der Waals surface area contributed by atoms with Crippen molar-refractivity contribution < 1.29 is 4.79 Å². The number of amides is 1. The Hall–Kier alpha value is -1.86. The molecule has 0 aliphatic carbocycles. The van der Waals surface area contributed by atoms with E-state index in [1.165, 1.54) is 11.0 Å². The molecule has 0 aliphatic heterocycles. The summed E-state index contributed by atoms with van der Waals surface area (Å²) in [7, 11) is 1.62. The fourth-order valence-corrected chi connectivity index (χ4v) is 1.82. The molecule has 7 nitrogen and oxygen atoms in total. The molecule has 100 valence electrons. The molecule has 0 radical (unpaired) electrons. The molecule has 0 spiro atoms. The van der Waals surface area contributed by atoms with Gasteiger partial charge in [-0.1, -0.05) is 23.2 Å². The van der Waals surface area contributed by atoms with Crippen LogP contribution in [-0.4, -0.2) is 25.7 Å². The van der Waals surface area contributed by atoms with Crippen LogP contribution < -0.4 is 11.1 Å². The smallest absolute Gasteiger partial charge is 0.277 e. The average Bonchev–Trinajstić information content (AvgIpc) is 2.59. The Bertz CT molecular complexity index is 654. The summed E-state index contributed by atoms with van der Waals surface area (Å²) in [6, 6.07) is 0. The minimum absolute atomic E-state index is 0.0566. The zero-order valence-electron chi connectivity index (χ0n) is 10.1. The first kappa shape index (κ1) is 13.6. The summed E-state index contributed by atoms with van der Waals surface area (Å²) < 4.78 is 1.39. The number of carbonyl (C=O) groups excluding carboxylic acids is 1. The molecule has 1 amide bonds. The Morgan fingerprint density at radius 3 is 2.68 bits per heavy atom. The normalized spacial score (nSPS) is 10.5. The number of nitrogens with zero attached hydrogens (tertiary/aromatic N) is 4. The van der Waals surface area contributed by atoms with Gasteiger partial charge in [0.2, 0.25) is 0 Å². The fraction of sp³-hybridized carbons (Fsp3) is 0.200. The van der Waals surface area contributed by atoms with Gasteiger partial charge in [-0.3, -0.25) is 9.48 Å². The molecule has 2 aromatic heterocycles. The molecule has 0 aromatic carbocycles. The fourth-order valence-electron chi connectivity index (χ4n) is 1.55. The summed E-state index contributed by atoms with van der Waals surface area (Å²) >= 11 is 11.6. The number of halogens is 2. The lowest BCUT2D eigenvalue weighted by Crippen LogP contribution is -2.18. The molecule has 0 aliphatic rings. The van der Waals surface area contributed by atoms with Crippen molar-refractivity contribution in [1.29, 1.82) is 0 Å². The Labute approximate surface area is 118 Å². The predicted molar refractivity (Wildman–Crippen MR) is 72.4 cm³/mol. The molecule has 19 heavy (non-hydrogen) atoms. The van der Waals surface area contributed by atoms with E-state index in [1.54, 1.807) is 14.0 Å². The van der Waals surface area contributed by atoms with E-state index in [1.807, 2.05) is 0 Å². The highest BCUT2D eigenvalue weighted by atomic mass is 35.5. The maximum atomic E-state index is 12.1. The Morgan fingerprint density at radius 1 is 1.42 bits per heavy atom. The lowest BCUT2D eigenvalue weighted by atomic mass is 10.3. The molecular weight excluding hydrogens is 291 g/mol. The third-order valence-electron chi connectivity index (χ3n) is 2.46. The third kappa shape index (κ3) is 2.47. The molecule has 9 heteroatoms. The van der Waals surface area contributed by atoms with E-state index < -0.39 is 5.91 Å². The lowest BCUT2D eigenvalue weighted by Gasteiger charge is -2.07. The van der Waals surface area contributed by atoms with Gasteiger partial charge in [-0.05, 0) is 6.92 Å². The van der Waals surface area contributed by atoms with Crippen molar-refractivity contribution in [2.45, 2.75) is 6.92 Å². The maximum absolute atomic E-state index is 12.1. The number of hydrogen-bond donors (Lipinski definition) is 2. The maximum Gasteiger partial charge on any atom is 0.277 e. The molecule has 0 bridgehead atoms. The van der Waals surface area contributed by atoms with Crippen molar-refractivity contribution in [2.24, 2.45) is 7.05 Å². The Kier molecular flexibility index (Phi) is 3.59. The Balaban J connectivity index is 2.34. The molecule has 2 aromatic rings. The standard InChI is InChI=1S/C10H10Cl2N6O/c1-4-6(13)7(18(2)17-4)10(19)16-9-5(11)8(12)14-3-15-9/h3H,13H2,1-2H3,(H,14,15,16,19). The van der Waals surface area contributed by atoms with Crippen LogP contribution in [0.15, 0.2) is 6.33 Å². The van der Waals surface area contributed by atoms with Crippen LogP contribution >= 0.6 is 23.2 Å². The van der Waals surface area contributed by atoms with E-state index in [0.717, 1.165) is 0 Å².